The van der Waals surface area contributed by atoms with Gasteiger partial charge >= 0.3 is 0 Å². The van der Waals surface area contributed by atoms with Gasteiger partial charge in [-0.15, -0.1) is 24.0 Å². The van der Waals surface area contributed by atoms with Crippen LogP contribution in [0.3, 0.4) is 0 Å². The molecule has 2 amide bonds. The van der Waals surface area contributed by atoms with Crippen molar-refractivity contribution in [2.75, 3.05) is 59.5 Å². The molecule has 0 aromatic carbocycles. The molecule has 3 rings (SSSR count). The van der Waals surface area contributed by atoms with Gasteiger partial charge in [-0.3, -0.25) is 14.6 Å². The van der Waals surface area contributed by atoms with Crippen LogP contribution in [0.15, 0.2) is 4.99 Å². The third kappa shape index (κ3) is 5.95. The van der Waals surface area contributed by atoms with E-state index in [0.717, 1.165) is 77.5 Å². The summed E-state index contributed by atoms with van der Waals surface area (Å²) in [7, 11) is 1.81. The fourth-order valence-electron chi connectivity index (χ4n) is 4.13. The van der Waals surface area contributed by atoms with Crippen molar-refractivity contribution < 1.29 is 14.3 Å². The molecular formula is C19H34IN5O3. The number of nitrogens with one attached hydrogen (secondary N) is 1. The molecule has 0 spiro atoms. The Hall–Kier alpha value is -1.10. The molecule has 0 aromatic heterocycles. The minimum Gasteiger partial charge on any atom is -0.368 e. The number of rotatable bonds is 3. The second-order valence-corrected chi connectivity index (χ2v) is 7.69. The fourth-order valence-corrected chi connectivity index (χ4v) is 4.13. The number of aliphatic imine (C=N–C) groups is 1. The van der Waals surface area contributed by atoms with Gasteiger partial charge in [0.15, 0.2) is 5.96 Å². The zero-order valence-electron chi connectivity index (χ0n) is 17.1. The van der Waals surface area contributed by atoms with Crippen molar-refractivity contribution in [3.63, 3.8) is 0 Å². The van der Waals surface area contributed by atoms with Gasteiger partial charge in [-0.2, -0.15) is 0 Å². The number of likely N-dealkylation sites (tertiary alicyclic amines) is 1. The molecule has 1 unspecified atom stereocenters. The zero-order valence-corrected chi connectivity index (χ0v) is 19.4. The Morgan fingerprint density at radius 2 is 1.64 bits per heavy atom. The molecule has 3 aliphatic heterocycles. The SMILES string of the molecule is CN=C(NCC1CCN(C(C)=O)CC1)N1CCN(C(=O)C2CCCO2)CC1.I. The number of ether oxygens (including phenoxy) is 1. The monoisotopic (exact) mass is 507 g/mol. The smallest absolute Gasteiger partial charge is 0.251 e. The Morgan fingerprint density at radius 1 is 1.00 bits per heavy atom. The van der Waals surface area contributed by atoms with E-state index in [2.05, 4.69) is 15.2 Å². The van der Waals surface area contributed by atoms with Crippen LogP contribution in [0.1, 0.15) is 32.6 Å². The molecular weight excluding hydrogens is 473 g/mol. The highest BCUT2D eigenvalue weighted by atomic mass is 127. The summed E-state index contributed by atoms with van der Waals surface area (Å²) in [6.07, 6.45) is 3.68. The summed E-state index contributed by atoms with van der Waals surface area (Å²) in [6, 6.07) is 0. The number of guanidine groups is 1. The van der Waals surface area contributed by atoms with Crippen molar-refractivity contribution >= 4 is 41.8 Å². The van der Waals surface area contributed by atoms with Gasteiger partial charge < -0.3 is 24.8 Å². The lowest BCUT2D eigenvalue weighted by molar-refractivity contribution is -0.142. The number of hydrogen-bond acceptors (Lipinski definition) is 4. The van der Waals surface area contributed by atoms with E-state index in [1.807, 2.05) is 16.8 Å². The number of nitrogens with zero attached hydrogens (tertiary/aromatic N) is 4. The lowest BCUT2D eigenvalue weighted by Crippen LogP contribution is -2.55. The molecule has 160 valence electrons. The average Bonchev–Trinajstić information content (AvgIpc) is 3.23. The van der Waals surface area contributed by atoms with E-state index in [4.69, 9.17) is 4.74 Å². The summed E-state index contributed by atoms with van der Waals surface area (Å²) in [5.74, 6) is 1.80. The van der Waals surface area contributed by atoms with E-state index in [0.29, 0.717) is 12.5 Å². The van der Waals surface area contributed by atoms with Crippen molar-refractivity contribution in [2.45, 2.75) is 38.7 Å². The molecule has 3 heterocycles. The lowest BCUT2D eigenvalue weighted by Gasteiger charge is -2.38. The molecule has 3 fully saturated rings. The van der Waals surface area contributed by atoms with Gasteiger partial charge in [0, 0.05) is 66.4 Å². The Morgan fingerprint density at radius 3 is 2.18 bits per heavy atom. The van der Waals surface area contributed by atoms with Gasteiger partial charge in [0.1, 0.15) is 6.10 Å². The topological polar surface area (TPSA) is 77.5 Å². The molecule has 1 atom stereocenters. The molecule has 1 N–H and O–H groups in total. The lowest BCUT2D eigenvalue weighted by atomic mass is 9.97. The largest absolute Gasteiger partial charge is 0.368 e. The van der Waals surface area contributed by atoms with E-state index in [1.165, 1.54) is 0 Å². The number of piperazine rings is 1. The molecule has 3 aliphatic rings. The Balaban J connectivity index is 0.00000280. The maximum absolute atomic E-state index is 12.5. The Labute approximate surface area is 185 Å². The molecule has 0 aliphatic carbocycles. The van der Waals surface area contributed by atoms with Gasteiger partial charge in [0.25, 0.3) is 5.91 Å². The highest BCUT2D eigenvalue weighted by Crippen LogP contribution is 2.17. The van der Waals surface area contributed by atoms with Crippen LogP contribution in [0.5, 0.6) is 0 Å². The quantitative estimate of drug-likeness (QED) is 0.347. The third-order valence-electron chi connectivity index (χ3n) is 5.92. The van der Waals surface area contributed by atoms with Crippen LogP contribution in [0.4, 0.5) is 0 Å². The number of carbonyl (C=O) groups excluding carboxylic acids is 2. The van der Waals surface area contributed by atoms with Gasteiger partial charge in [-0.1, -0.05) is 0 Å². The Bertz CT molecular complexity index is 552. The van der Waals surface area contributed by atoms with E-state index in [9.17, 15) is 9.59 Å². The van der Waals surface area contributed by atoms with Crippen LogP contribution < -0.4 is 5.32 Å². The van der Waals surface area contributed by atoms with Crippen LogP contribution in [-0.2, 0) is 14.3 Å². The Kier molecular flexibility index (Phi) is 9.26. The van der Waals surface area contributed by atoms with Gasteiger partial charge in [-0.25, -0.2) is 0 Å². The van der Waals surface area contributed by atoms with Gasteiger partial charge in [0.05, 0.1) is 0 Å². The van der Waals surface area contributed by atoms with Crippen LogP contribution >= 0.6 is 24.0 Å². The normalized spacial score (nSPS) is 24.1. The first kappa shape index (κ1) is 23.2. The van der Waals surface area contributed by atoms with Crippen LogP contribution in [-0.4, -0.2) is 98.0 Å². The third-order valence-corrected chi connectivity index (χ3v) is 5.92. The van der Waals surface area contributed by atoms with Crippen LogP contribution in [0.25, 0.3) is 0 Å². The molecule has 0 radical (unpaired) electrons. The number of carbonyl (C=O) groups is 2. The summed E-state index contributed by atoms with van der Waals surface area (Å²) in [6.45, 7) is 7.96. The molecule has 0 saturated carbocycles. The summed E-state index contributed by atoms with van der Waals surface area (Å²) < 4.78 is 5.53. The molecule has 0 bridgehead atoms. The molecule has 3 saturated heterocycles. The summed E-state index contributed by atoms with van der Waals surface area (Å²) in [5.41, 5.74) is 0. The van der Waals surface area contributed by atoms with Crippen molar-refractivity contribution in [1.82, 2.24) is 20.0 Å². The first-order valence-corrected chi connectivity index (χ1v) is 10.2. The van der Waals surface area contributed by atoms with Gasteiger partial charge in [0.2, 0.25) is 5.91 Å². The number of amides is 2. The second-order valence-electron chi connectivity index (χ2n) is 7.69. The highest BCUT2D eigenvalue weighted by Gasteiger charge is 2.31. The predicted molar refractivity (Wildman–Crippen MR) is 119 cm³/mol. The maximum atomic E-state index is 12.5. The van der Waals surface area contributed by atoms with Crippen LogP contribution in [0, 0.1) is 5.92 Å². The van der Waals surface area contributed by atoms with E-state index in [-0.39, 0.29) is 41.9 Å². The van der Waals surface area contributed by atoms with E-state index >= 15 is 0 Å². The zero-order chi connectivity index (χ0) is 19.2. The van der Waals surface area contributed by atoms with Gasteiger partial charge in [-0.05, 0) is 31.6 Å². The van der Waals surface area contributed by atoms with E-state index in [1.54, 1.807) is 6.92 Å². The fraction of sp³-hybridized carbons (Fsp3) is 0.842. The number of halogens is 1. The summed E-state index contributed by atoms with van der Waals surface area (Å²) in [5, 5.41) is 3.50. The first-order chi connectivity index (χ1) is 13.1. The second kappa shape index (κ2) is 11.2. The minimum atomic E-state index is -0.227. The molecule has 0 aromatic rings. The highest BCUT2D eigenvalue weighted by molar-refractivity contribution is 14.0. The van der Waals surface area contributed by atoms with Crippen molar-refractivity contribution in [3.05, 3.63) is 0 Å². The number of piperidine rings is 1. The van der Waals surface area contributed by atoms with E-state index < -0.39 is 0 Å². The molecule has 8 nitrogen and oxygen atoms in total. The summed E-state index contributed by atoms with van der Waals surface area (Å²) in [4.78, 5) is 34.4. The predicted octanol–water partition coefficient (Wildman–Crippen LogP) is 0.762. The minimum absolute atomic E-state index is 0. The molecule has 9 heteroatoms. The molecule has 28 heavy (non-hydrogen) atoms. The maximum Gasteiger partial charge on any atom is 0.251 e. The number of hydrogen-bond donors (Lipinski definition) is 1. The average molecular weight is 507 g/mol. The van der Waals surface area contributed by atoms with Crippen molar-refractivity contribution in [3.8, 4) is 0 Å². The van der Waals surface area contributed by atoms with Crippen molar-refractivity contribution in [1.29, 1.82) is 0 Å². The first-order valence-electron chi connectivity index (χ1n) is 10.2. The van der Waals surface area contributed by atoms with Crippen LogP contribution in [0.2, 0.25) is 0 Å². The van der Waals surface area contributed by atoms with Crippen molar-refractivity contribution in [2.24, 2.45) is 10.9 Å². The standard InChI is InChI=1S/C19H33N5O3.HI/c1-15(25)22-7-5-16(6-8-22)14-21-19(20-2)24-11-9-23(10-12-24)18(26)17-4-3-13-27-17;/h16-17H,3-14H2,1-2H3,(H,20,21);1H. The summed E-state index contributed by atoms with van der Waals surface area (Å²) >= 11 is 0.